The third-order valence-corrected chi connectivity index (χ3v) is 1.54. The van der Waals surface area contributed by atoms with Gasteiger partial charge in [0, 0.05) is 6.54 Å². The van der Waals surface area contributed by atoms with Crippen molar-refractivity contribution in [3.8, 4) is 0 Å². The summed E-state index contributed by atoms with van der Waals surface area (Å²) in [7, 11) is 0. The number of hydrogen-bond acceptors (Lipinski definition) is 3. The second kappa shape index (κ2) is 6.37. The van der Waals surface area contributed by atoms with E-state index in [0.29, 0.717) is 12.5 Å². The van der Waals surface area contributed by atoms with E-state index in [0.717, 1.165) is 0 Å². The Balaban J connectivity index is 3.59. The quantitative estimate of drug-likeness (QED) is 0.545. The summed E-state index contributed by atoms with van der Waals surface area (Å²) in [6.07, 6.45) is 0. The van der Waals surface area contributed by atoms with Gasteiger partial charge in [-0.3, -0.25) is 9.59 Å². The molecule has 5 nitrogen and oxygen atoms in total. The molecule has 0 saturated heterocycles. The molecule has 0 aromatic rings. The van der Waals surface area contributed by atoms with Gasteiger partial charge in [-0.25, -0.2) is 0 Å². The highest BCUT2D eigenvalue weighted by Gasteiger charge is 2.08. The molecule has 0 heterocycles. The smallest absolute Gasteiger partial charge is 0.239 e. The lowest BCUT2D eigenvalue weighted by molar-refractivity contribution is -0.126. The van der Waals surface area contributed by atoms with Gasteiger partial charge in [-0.05, 0) is 12.8 Å². The van der Waals surface area contributed by atoms with Crippen molar-refractivity contribution in [2.45, 2.75) is 26.8 Å². The van der Waals surface area contributed by atoms with Gasteiger partial charge in [0.1, 0.15) is 0 Å². The molecule has 0 bridgehead atoms. The Hall–Kier alpha value is -1.10. The van der Waals surface area contributed by atoms with E-state index in [4.69, 9.17) is 5.73 Å². The van der Waals surface area contributed by atoms with E-state index in [-0.39, 0.29) is 18.4 Å². The van der Waals surface area contributed by atoms with Gasteiger partial charge in [-0.1, -0.05) is 13.8 Å². The SMILES string of the molecule is CC(C)CNC(=O)CNC(=O)C(C)N. The van der Waals surface area contributed by atoms with Crippen molar-refractivity contribution < 1.29 is 9.59 Å². The van der Waals surface area contributed by atoms with Crippen molar-refractivity contribution in [3.63, 3.8) is 0 Å². The molecule has 2 amide bonds. The fourth-order valence-corrected chi connectivity index (χ4v) is 0.709. The molecule has 0 radical (unpaired) electrons. The number of hydrogen-bond donors (Lipinski definition) is 3. The lowest BCUT2D eigenvalue weighted by atomic mass is 10.2. The van der Waals surface area contributed by atoms with Crippen LogP contribution in [-0.2, 0) is 9.59 Å². The summed E-state index contributed by atoms with van der Waals surface area (Å²) in [4.78, 5) is 22.1. The molecular weight excluding hydrogens is 182 g/mol. The molecule has 0 saturated carbocycles. The molecule has 82 valence electrons. The number of amides is 2. The first-order valence-corrected chi connectivity index (χ1v) is 4.73. The van der Waals surface area contributed by atoms with Crippen LogP contribution in [0.4, 0.5) is 0 Å². The second-order valence-electron chi connectivity index (χ2n) is 3.70. The molecule has 0 aliphatic heterocycles. The lowest BCUT2D eigenvalue weighted by Crippen LogP contribution is -2.44. The topological polar surface area (TPSA) is 84.2 Å². The zero-order valence-electron chi connectivity index (χ0n) is 8.96. The fourth-order valence-electron chi connectivity index (χ4n) is 0.709. The third-order valence-electron chi connectivity index (χ3n) is 1.54. The Morgan fingerprint density at radius 3 is 2.21 bits per heavy atom. The molecule has 0 aliphatic carbocycles. The summed E-state index contributed by atoms with van der Waals surface area (Å²) in [6.45, 7) is 6.18. The van der Waals surface area contributed by atoms with Crippen LogP contribution in [0, 0.1) is 5.92 Å². The van der Waals surface area contributed by atoms with E-state index in [1.54, 1.807) is 6.92 Å². The van der Waals surface area contributed by atoms with Crippen LogP contribution < -0.4 is 16.4 Å². The van der Waals surface area contributed by atoms with Crippen LogP contribution >= 0.6 is 0 Å². The second-order valence-corrected chi connectivity index (χ2v) is 3.70. The minimum absolute atomic E-state index is 0.00685. The molecule has 14 heavy (non-hydrogen) atoms. The van der Waals surface area contributed by atoms with Crippen LogP contribution in [0.15, 0.2) is 0 Å². The minimum atomic E-state index is -0.576. The maximum atomic E-state index is 11.1. The Morgan fingerprint density at radius 1 is 1.21 bits per heavy atom. The van der Waals surface area contributed by atoms with E-state index >= 15 is 0 Å². The highest BCUT2D eigenvalue weighted by atomic mass is 16.2. The van der Waals surface area contributed by atoms with Crippen LogP contribution in [0.2, 0.25) is 0 Å². The van der Waals surface area contributed by atoms with Gasteiger partial charge >= 0.3 is 0 Å². The maximum absolute atomic E-state index is 11.1. The van der Waals surface area contributed by atoms with E-state index in [1.807, 2.05) is 13.8 Å². The third kappa shape index (κ3) is 6.42. The molecule has 0 aliphatic rings. The van der Waals surface area contributed by atoms with E-state index in [1.165, 1.54) is 0 Å². The molecule has 1 unspecified atom stereocenters. The largest absolute Gasteiger partial charge is 0.354 e. The number of carbonyl (C=O) groups is 2. The fraction of sp³-hybridized carbons (Fsp3) is 0.778. The van der Waals surface area contributed by atoms with Crippen molar-refractivity contribution in [2.75, 3.05) is 13.1 Å². The standard InChI is InChI=1S/C9H19N3O2/c1-6(2)4-11-8(13)5-12-9(14)7(3)10/h6-7H,4-5,10H2,1-3H3,(H,11,13)(H,12,14). The van der Waals surface area contributed by atoms with Gasteiger partial charge in [0.15, 0.2) is 0 Å². The number of nitrogens with two attached hydrogens (primary N) is 1. The first kappa shape index (κ1) is 12.9. The maximum Gasteiger partial charge on any atom is 0.239 e. The summed E-state index contributed by atoms with van der Waals surface area (Å²) in [5.74, 6) is -0.0968. The van der Waals surface area contributed by atoms with Gasteiger partial charge in [0.2, 0.25) is 11.8 Å². The Bertz CT molecular complexity index is 202. The molecule has 0 aromatic carbocycles. The summed E-state index contributed by atoms with van der Waals surface area (Å²) < 4.78 is 0. The molecule has 5 heteroatoms. The lowest BCUT2D eigenvalue weighted by Gasteiger charge is -2.09. The Labute approximate surface area is 84.4 Å². The minimum Gasteiger partial charge on any atom is -0.354 e. The van der Waals surface area contributed by atoms with E-state index in [2.05, 4.69) is 10.6 Å². The molecule has 1 atom stereocenters. The summed E-state index contributed by atoms with van der Waals surface area (Å²) in [5.41, 5.74) is 5.30. The van der Waals surface area contributed by atoms with Crippen LogP contribution in [0.25, 0.3) is 0 Å². The Kier molecular flexibility index (Phi) is 5.87. The summed E-state index contributed by atoms with van der Waals surface area (Å²) >= 11 is 0. The number of carbonyl (C=O) groups excluding carboxylic acids is 2. The molecule has 0 rings (SSSR count). The molecule has 0 spiro atoms. The van der Waals surface area contributed by atoms with Crippen molar-refractivity contribution in [1.82, 2.24) is 10.6 Å². The Morgan fingerprint density at radius 2 is 1.79 bits per heavy atom. The normalized spacial score (nSPS) is 12.4. The monoisotopic (exact) mass is 201 g/mol. The highest BCUT2D eigenvalue weighted by Crippen LogP contribution is 1.86. The van der Waals surface area contributed by atoms with E-state index < -0.39 is 6.04 Å². The van der Waals surface area contributed by atoms with Crippen molar-refractivity contribution in [2.24, 2.45) is 11.7 Å². The highest BCUT2D eigenvalue weighted by molar-refractivity contribution is 5.86. The van der Waals surface area contributed by atoms with Gasteiger partial charge in [0.25, 0.3) is 0 Å². The summed E-state index contributed by atoms with van der Waals surface area (Å²) in [6, 6.07) is -0.576. The number of nitrogens with one attached hydrogen (secondary N) is 2. The van der Waals surface area contributed by atoms with E-state index in [9.17, 15) is 9.59 Å². The zero-order valence-corrected chi connectivity index (χ0v) is 8.96. The van der Waals surface area contributed by atoms with Gasteiger partial charge in [-0.2, -0.15) is 0 Å². The molecular formula is C9H19N3O2. The predicted molar refractivity (Wildman–Crippen MR) is 54.5 cm³/mol. The van der Waals surface area contributed by atoms with Crippen LogP contribution in [0.1, 0.15) is 20.8 Å². The average molecular weight is 201 g/mol. The molecule has 0 aromatic heterocycles. The van der Waals surface area contributed by atoms with Crippen molar-refractivity contribution >= 4 is 11.8 Å². The van der Waals surface area contributed by atoms with Crippen molar-refractivity contribution in [3.05, 3.63) is 0 Å². The first-order valence-electron chi connectivity index (χ1n) is 4.73. The predicted octanol–water partition coefficient (Wildman–Crippen LogP) is -0.778. The van der Waals surface area contributed by atoms with Gasteiger partial charge in [-0.15, -0.1) is 0 Å². The zero-order chi connectivity index (χ0) is 11.1. The average Bonchev–Trinajstić information content (AvgIpc) is 2.10. The van der Waals surface area contributed by atoms with Crippen molar-refractivity contribution in [1.29, 1.82) is 0 Å². The van der Waals surface area contributed by atoms with Gasteiger partial charge < -0.3 is 16.4 Å². The van der Waals surface area contributed by atoms with Crippen LogP contribution in [-0.4, -0.2) is 30.9 Å². The van der Waals surface area contributed by atoms with Crippen LogP contribution in [0.3, 0.4) is 0 Å². The molecule has 4 N–H and O–H groups in total. The number of rotatable bonds is 5. The first-order chi connectivity index (χ1) is 6.43. The van der Waals surface area contributed by atoms with Gasteiger partial charge in [0.05, 0.1) is 12.6 Å². The summed E-state index contributed by atoms with van der Waals surface area (Å²) in [5, 5.41) is 5.11. The van der Waals surface area contributed by atoms with Crippen LogP contribution in [0.5, 0.6) is 0 Å². The molecule has 0 fully saturated rings.